The van der Waals surface area contributed by atoms with Crippen molar-refractivity contribution in [3.05, 3.63) is 69.8 Å². The predicted octanol–water partition coefficient (Wildman–Crippen LogP) is 4.41. The zero-order chi connectivity index (χ0) is 18.7. The number of nitrogens with zero attached hydrogens (tertiary/aromatic N) is 1. The maximum atomic E-state index is 12.4. The number of carbonyl (C=O) groups is 2. The Hall–Kier alpha value is -2.73. The first-order valence-corrected chi connectivity index (χ1v) is 8.83. The number of hydrogen-bond donors (Lipinski definition) is 1. The van der Waals surface area contributed by atoms with Crippen molar-refractivity contribution >= 4 is 44.4 Å². The van der Waals surface area contributed by atoms with E-state index in [2.05, 4.69) is 26.2 Å². The molecule has 2 aromatic carbocycles. The third-order valence-corrected chi connectivity index (χ3v) is 4.73. The number of hydrogen-bond acceptors (Lipinski definition) is 4. The van der Waals surface area contributed by atoms with E-state index >= 15 is 0 Å². The second-order valence-corrected chi connectivity index (χ2v) is 6.77. The number of benzene rings is 2. The Morgan fingerprint density at radius 3 is 2.65 bits per heavy atom. The number of para-hydroxylation sites is 1. The fraction of sp³-hybridized carbons (Fsp3) is 0.150. The highest BCUT2D eigenvalue weighted by atomic mass is 79.9. The summed E-state index contributed by atoms with van der Waals surface area (Å²) < 4.78 is 6.15. The number of aryl methyl sites for hydroxylation is 2. The van der Waals surface area contributed by atoms with Crippen molar-refractivity contribution in [2.45, 2.75) is 13.8 Å². The van der Waals surface area contributed by atoms with Crippen molar-refractivity contribution in [3.8, 4) is 0 Å². The molecule has 1 N–H and O–H groups in total. The van der Waals surface area contributed by atoms with Crippen molar-refractivity contribution in [3.63, 3.8) is 0 Å². The molecule has 1 heterocycles. The first-order valence-electron chi connectivity index (χ1n) is 8.03. The van der Waals surface area contributed by atoms with E-state index in [0.717, 1.165) is 10.0 Å². The number of fused-ring (bicyclic) bond motifs is 1. The fourth-order valence-corrected chi connectivity index (χ4v) is 2.85. The van der Waals surface area contributed by atoms with Crippen LogP contribution in [0.15, 0.2) is 53.0 Å². The molecular formula is C20H17BrN2O3. The lowest BCUT2D eigenvalue weighted by atomic mass is 10.1. The van der Waals surface area contributed by atoms with Crippen LogP contribution in [0.2, 0.25) is 0 Å². The number of aromatic nitrogens is 1. The number of halogens is 1. The monoisotopic (exact) mass is 412 g/mol. The van der Waals surface area contributed by atoms with Gasteiger partial charge in [-0.1, -0.05) is 34.1 Å². The normalized spacial score (nSPS) is 10.6. The Bertz CT molecular complexity index is 1000. The van der Waals surface area contributed by atoms with Crippen LogP contribution in [-0.2, 0) is 9.53 Å². The summed E-state index contributed by atoms with van der Waals surface area (Å²) in [6.45, 7) is 3.38. The van der Waals surface area contributed by atoms with Crippen LogP contribution in [0.4, 0.5) is 5.69 Å². The first-order chi connectivity index (χ1) is 12.4. The number of esters is 1. The standard InChI is InChI=1S/C20H17BrN2O3/c1-12-9-14(7-8-17(12)21)23-19(24)11-26-20(25)16-10-13(2)22-18-6-4-3-5-15(16)18/h3-10H,11H2,1-2H3,(H,23,24). The van der Waals surface area contributed by atoms with E-state index in [9.17, 15) is 9.59 Å². The molecule has 1 aromatic heterocycles. The second-order valence-electron chi connectivity index (χ2n) is 5.92. The van der Waals surface area contributed by atoms with Crippen LogP contribution in [0.5, 0.6) is 0 Å². The molecule has 0 bridgehead atoms. The van der Waals surface area contributed by atoms with E-state index in [-0.39, 0.29) is 6.61 Å². The Balaban J connectivity index is 1.69. The summed E-state index contributed by atoms with van der Waals surface area (Å²) in [5.41, 5.74) is 3.48. The van der Waals surface area contributed by atoms with Crippen molar-refractivity contribution in [1.82, 2.24) is 4.98 Å². The topological polar surface area (TPSA) is 68.3 Å². The summed E-state index contributed by atoms with van der Waals surface area (Å²) in [7, 11) is 0. The molecule has 132 valence electrons. The van der Waals surface area contributed by atoms with Gasteiger partial charge < -0.3 is 10.1 Å². The van der Waals surface area contributed by atoms with Gasteiger partial charge in [-0.3, -0.25) is 9.78 Å². The van der Waals surface area contributed by atoms with Gasteiger partial charge in [0, 0.05) is 21.2 Å². The molecular weight excluding hydrogens is 396 g/mol. The highest BCUT2D eigenvalue weighted by Gasteiger charge is 2.15. The fourth-order valence-electron chi connectivity index (χ4n) is 2.61. The molecule has 1 amide bonds. The van der Waals surface area contributed by atoms with Crippen LogP contribution in [0.25, 0.3) is 10.9 Å². The van der Waals surface area contributed by atoms with Crippen molar-refractivity contribution < 1.29 is 14.3 Å². The Morgan fingerprint density at radius 1 is 1.12 bits per heavy atom. The quantitative estimate of drug-likeness (QED) is 0.644. The molecule has 26 heavy (non-hydrogen) atoms. The molecule has 0 aliphatic rings. The molecule has 3 aromatic rings. The van der Waals surface area contributed by atoms with E-state index in [1.54, 1.807) is 12.1 Å². The second kappa shape index (κ2) is 7.66. The number of rotatable bonds is 4. The highest BCUT2D eigenvalue weighted by Crippen LogP contribution is 2.21. The SMILES string of the molecule is Cc1cc(C(=O)OCC(=O)Nc2ccc(Br)c(C)c2)c2ccccc2n1. The van der Waals surface area contributed by atoms with Crippen LogP contribution in [-0.4, -0.2) is 23.5 Å². The minimum atomic E-state index is -0.547. The summed E-state index contributed by atoms with van der Waals surface area (Å²) in [5.74, 6) is -0.941. The first kappa shape index (κ1) is 18.1. The predicted molar refractivity (Wildman–Crippen MR) is 104 cm³/mol. The van der Waals surface area contributed by atoms with E-state index in [1.807, 2.05) is 50.2 Å². The van der Waals surface area contributed by atoms with Crippen molar-refractivity contribution in [2.75, 3.05) is 11.9 Å². The average molecular weight is 413 g/mol. The lowest BCUT2D eigenvalue weighted by molar-refractivity contribution is -0.119. The number of nitrogens with one attached hydrogen (secondary N) is 1. The van der Waals surface area contributed by atoms with Gasteiger partial charge in [-0.2, -0.15) is 0 Å². The van der Waals surface area contributed by atoms with E-state index in [4.69, 9.17) is 4.74 Å². The molecule has 0 aliphatic heterocycles. The van der Waals surface area contributed by atoms with Gasteiger partial charge in [0.1, 0.15) is 0 Å². The van der Waals surface area contributed by atoms with Gasteiger partial charge in [0.2, 0.25) is 0 Å². The van der Waals surface area contributed by atoms with Gasteiger partial charge in [0.15, 0.2) is 6.61 Å². The molecule has 5 nitrogen and oxygen atoms in total. The third kappa shape index (κ3) is 4.08. The molecule has 0 aliphatic carbocycles. The van der Waals surface area contributed by atoms with E-state index in [1.165, 1.54) is 0 Å². The Kier molecular flexibility index (Phi) is 5.32. The van der Waals surface area contributed by atoms with Crippen LogP contribution < -0.4 is 5.32 Å². The summed E-state index contributed by atoms with van der Waals surface area (Å²) in [4.78, 5) is 28.9. The maximum Gasteiger partial charge on any atom is 0.339 e. The Morgan fingerprint density at radius 2 is 1.88 bits per heavy atom. The summed E-state index contributed by atoms with van der Waals surface area (Å²) in [6, 6.07) is 14.5. The molecule has 0 spiro atoms. The van der Waals surface area contributed by atoms with Crippen molar-refractivity contribution in [2.24, 2.45) is 0 Å². The Labute approximate surface area is 159 Å². The van der Waals surface area contributed by atoms with Crippen LogP contribution in [0.3, 0.4) is 0 Å². The summed E-state index contributed by atoms with van der Waals surface area (Å²) in [5, 5.41) is 3.42. The van der Waals surface area contributed by atoms with Crippen LogP contribution >= 0.6 is 15.9 Å². The van der Waals surface area contributed by atoms with Gasteiger partial charge in [-0.15, -0.1) is 0 Å². The number of anilines is 1. The van der Waals surface area contributed by atoms with E-state index < -0.39 is 11.9 Å². The lowest BCUT2D eigenvalue weighted by Gasteiger charge is -2.10. The summed E-state index contributed by atoms with van der Waals surface area (Å²) in [6.07, 6.45) is 0. The zero-order valence-corrected chi connectivity index (χ0v) is 16.0. The number of carbonyl (C=O) groups excluding carboxylic acids is 2. The average Bonchev–Trinajstić information content (AvgIpc) is 2.62. The number of pyridine rings is 1. The molecule has 0 radical (unpaired) electrons. The van der Waals surface area contributed by atoms with Gasteiger partial charge in [0.05, 0.1) is 11.1 Å². The van der Waals surface area contributed by atoms with Gasteiger partial charge in [0.25, 0.3) is 5.91 Å². The lowest BCUT2D eigenvalue weighted by Crippen LogP contribution is -2.21. The molecule has 6 heteroatoms. The smallest absolute Gasteiger partial charge is 0.339 e. The van der Waals surface area contributed by atoms with Gasteiger partial charge >= 0.3 is 5.97 Å². The van der Waals surface area contributed by atoms with Gasteiger partial charge in [-0.25, -0.2) is 4.79 Å². The molecule has 3 rings (SSSR count). The molecule has 0 fully saturated rings. The van der Waals surface area contributed by atoms with Gasteiger partial charge in [-0.05, 0) is 49.7 Å². The molecule has 0 saturated carbocycles. The highest BCUT2D eigenvalue weighted by molar-refractivity contribution is 9.10. The zero-order valence-electron chi connectivity index (χ0n) is 14.4. The maximum absolute atomic E-state index is 12.4. The minimum Gasteiger partial charge on any atom is -0.452 e. The minimum absolute atomic E-state index is 0.357. The van der Waals surface area contributed by atoms with Crippen LogP contribution in [0.1, 0.15) is 21.6 Å². The third-order valence-electron chi connectivity index (χ3n) is 3.84. The van der Waals surface area contributed by atoms with Crippen LogP contribution in [0, 0.1) is 13.8 Å². The molecule has 0 unspecified atom stereocenters. The van der Waals surface area contributed by atoms with Crippen molar-refractivity contribution in [1.29, 1.82) is 0 Å². The molecule has 0 atom stereocenters. The molecule has 0 saturated heterocycles. The number of ether oxygens (including phenoxy) is 1. The largest absolute Gasteiger partial charge is 0.452 e. The summed E-state index contributed by atoms with van der Waals surface area (Å²) >= 11 is 3.41. The number of amides is 1. The van der Waals surface area contributed by atoms with E-state index in [0.29, 0.717) is 27.8 Å².